The zero-order chi connectivity index (χ0) is 15.9. The highest BCUT2D eigenvalue weighted by molar-refractivity contribution is 5.90. The molecule has 0 aliphatic carbocycles. The Morgan fingerprint density at radius 2 is 1.55 bits per heavy atom. The molecule has 0 unspecified atom stereocenters. The van der Waals surface area contributed by atoms with Crippen LogP contribution in [0.25, 0.3) is 0 Å². The molecule has 0 atom stereocenters. The van der Waals surface area contributed by atoms with Crippen molar-refractivity contribution in [3.8, 4) is 0 Å². The van der Waals surface area contributed by atoms with Gasteiger partial charge in [-0.1, -0.05) is 0 Å². The first kappa shape index (κ1) is 16.4. The fraction of sp³-hybridized carbons (Fsp3) is 0.545. The highest BCUT2D eigenvalue weighted by Crippen LogP contribution is 2.42. The van der Waals surface area contributed by atoms with Gasteiger partial charge < -0.3 is 9.72 Å². The lowest BCUT2D eigenvalue weighted by molar-refractivity contribution is -0.161. The van der Waals surface area contributed by atoms with E-state index in [1.807, 2.05) is 0 Å². The van der Waals surface area contributed by atoms with Crippen LogP contribution in [0.3, 0.4) is 0 Å². The molecule has 0 saturated carbocycles. The standard InChI is InChI=1S/C11H11F6NO2/c1-9(2,3)20-8(19)7-6(11(15,16)17)5(4-18-7)10(12,13)14/h4,18H,1-3H3. The van der Waals surface area contributed by atoms with E-state index in [1.165, 1.54) is 20.8 Å². The second kappa shape index (κ2) is 4.71. The third kappa shape index (κ3) is 3.67. The van der Waals surface area contributed by atoms with Crippen molar-refractivity contribution >= 4 is 5.97 Å². The Morgan fingerprint density at radius 1 is 1.05 bits per heavy atom. The Morgan fingerprint density at radius 3 is 1.90 bits per heavy atom. The van der Waals surface area contributed by atoms with Crippen molar-refractivity contribution in [2.75, 3.05) is 0 Å². The monoisotopic (exact) mass is 303 g/mol. The molecule has 0 aromatic carbocycles. The van der Waals surface area contributed by atoms with E-state index in [0.717, 1.165) is 0 Å². The third-order valence-corrected chi connectivity index (χ3v) is 2.07. The van der Waals surface area contributed by atoms with Crippen LogP contribution in [0.4, 0.5) is 26.3 Å². The summed E-state index contributed by atoms with van der Waals surface area (Å²) in [6.07, 6.45) is -10.5. The number of carbonyl (C=O) groups excluding carboxylic acids is 1. The molecule has 114 valence electrons. The van der Waals surface area contributed by atoms with E-state index in [9.17, 15) is 31.1 Å². The van der Waals surface area contributed by atoms with E-state index >= 15 is 0 Å². The van der Waals surface area contributed by atoms with Crippen LogP contribution in [0.5, 0.6) is 0 Å². The largest absolute Gasteiger partial charge is 0.455 e. The van der Waals surface area contributed by atoms with E-state index in [0.29, 0.717) is 0 Å². The molecule has 0 aliphatic heterocycles. The highest BCUT2D eigenvalue weighted by atomic mass is 19.4. The second-order valence-corrected chi connectivity index (χ2v) is 4.95. The number of hydrogen-bond donors (Lipinski definition) is 1. The van der Waals surface area contributed by atoms with Gasteiger partial charge in [0.05, 0.1) is 5.56 Å². The van der Waals surface area contributed by atoms with Crippen LogP contribution in [-0.2, 0) is 17.1 Å². The number of nitrogens with one attached hydrogen (secondary N) is 1. The number of aromatic amines is 1. The van der Waals surface area contributed by atoms with E-state index in [1.54, 1.807) is 4.98 Å². The van der Waals surface area contributed by atoms with E-state index < -0.39 is 40.7 Å². The van der Waals surface area contributed by atoms with Gasteiger partial charge in [-0.25, -0.2) is 4.79 Å². The number of halogens is 6. The number of alkyl halides is 6. The fourth-order valence-corrected chi connectivity index (χ4v) is 1.43. The molecule has 1 N–H and O–H groups in total. The molecule has 1 heterocycles. The number of rotatable bonds is 1. The molecular weight excluding hydrogens is 292 g/mol. The minimum Gasteiger partial charge on any atom is -0.455 e. The van der Waals surface area contributed by atoms with Crippen molar-refractivity contribution in [2.24, 2.45) is 0 Å². The maximum Gasteiger partial charge on any atom is 0.419 e. The van der Waals surface area contributed by atoms with Gasteiger partial charge in [0.25, 0.3) is 0 Å². The van der Waals surface area contributed by atoms with Crippen LogP contribution in [-0.4, -0.2) is 16.6 Å². The number of H-pyrrole nitrogens is 1. The van der Waals surface area contributed by atoms with Gasteiger partial charge in [0, 0.05) is 6.20 Å². The van der Waals surface area contributed by atoms with E-state index in [4.69, 9.17) is 0 Å². The zero-order valence-corrected chi connectivity index (χ0v) is 10.7. The SMILES string of the molecule is CC(C)(C)OC(=O)c1[nH]cc(C(F)(F)F)c1C(F)(F)F. The molecule has 0 spiro atoms. The Bertz CT molecular complexity index is 506. The van der Waals surface area contributed by atoms with Crippen molar-refractivity contribution in [3.05, 3.63) is 23.0 Å². The van der Waals surface area contributed by atoms with Gasteiger partial charge in [-0.3, -0.25) is 0 Å². The summed E-state index contributed by atoms with van der Waals surface area (Å²) in [6, 6.07) is 0. The lowest BCUT2D eigenvalue weighted by Crippen LogP contribution is -2.26. The number of aromatic nitrogens is 1. The molecule has 0 bridgehead atoms. The summed E-state index contributed by atoms with van der Waals surface area (Å²) in [6.45, 7) is 4.14. The first-order valence-corrected chi connectivity index (χ1v) is 5.32. The Labute approximate surface area is 109 Å². The van der Waals surface area contributed by atoms with Crippen LogP contribution in [0.1, 0.15) is 42.4 Å². The Kier molecular flexibility index (Phi) is 3.86. The van der Waals surface area contributed by atoms with Gasteiger partial charge in [-0.2, -0.15) is 26.3 Å². The van der Waals surface area contributed by atoms with Gasteiger partial charge in [0.15, 0.2) is 0 Å². The summed E-state index contributed by atoms with van der Waals surface area (Å²) in [4.78, 5) is 13.2. The molecule has 1 rings (SSSR count). The molecule has 0 aliphatic rings. The lowest BCUT2D eigenvalue weighted by Gasteiger charge is -2.20. The predicted octanol–water partition coefficient (Wildman–Crippen LogP) is 4.01. The molecule has 20 heavy (non-hydrogen) atoms. The Hall–Kier alpha value is -1.67. The van der Waals surface area contributed by atoms with Crippen LogP contribution < -0.4 is 0 Å². The van der Waals surface area contributed by atoms with Crippen LogP contribution in [0.15, 0.2) is 6.20 Å². The maximum absolute atomic E-state index is 12.7. The summed E-state index contributed by atoms with van der Waals surface area (Å²) in [5, 5.41) is 0. The lowest BCUT2D eigenvalue weighted by atomic mass is 10.1. The number of hydrogen-bond acceptors (Lipinski definition) is 2. The normalized spacial score (nSPS) is 13.4. The molecular formula is C11H11F6NO2. The number of ether oxygens (including phenoxy) is 1. The zero-order valence-electron chi connectivity index (χ0n) is 10.7. The van der Waals surface area contributed by atoms with Crippen LogP contribution >= 0.6 is 0 Å². The predicted molar refractivity (Wildman–Crippen MR) is 56.0 cm³/mol. The van der Waals surface area contributed by atoms with Gasteiger partial charge in [-0.05, 0) is 20.8 Å². The second-order valence-electron chi connectivity index (χ2n) is 4.95. The minimum atomic E-state index is -5.34. The van der Waals surface area contributed by atoms with Crippen molar-refractivity contribution in [3.63, 3.8) is 0 Å². The molecule has 0 radical (unpaired) electrons. The van der Waals surface area contributed by atoms with Crippen molar-refractivity contribution in [1.29, 1.82) is 0 Å². The molecule has 1 aromatic rings. The molecule has 0 amide bonds. The summed E-state index contributed by atoms with van der Waals surface area (Å²) in [5.41, 5.74) is -6.42. The average molecular weight is 303 g/mol. The quantitative estimate of drug-likeness (QED) is 0.629. The van der Waals surface area contributed by atoms with Crippen molar-refractivity contribution in [2.45, 2.75) is 38.7 Å². The van der Waals surface area contributed by atoms with Crippen molar-refractivity contribution in [1.82, 2.24) is 4.98 Å². The Balaban J connectivity index is 3.36. The first-order chi connectivity index (χ1) is 8.73. The maximum atomic E-state index is 12.7. The van der Waals surface area contributed by atoms with Gasteiger partial charge in [0.1, 0.15) is 16.9 Å². The first-order valence-electron chi connectivity index (χ1n) is 5.32. The minimum absolute atomic E-state index is 0.0993. The van der Waals surface area contributed by atoms with Crippen LogP contribution in [0.2, 0.25) is 0 Å². The van der Waals surface area contributed by atoms with Gasteiger partial charge in [-0.15, -0.1) is 0 Å². The number of carbonyl (C=O) groups is 1. The summed E-state index contributed by atoms with van der Waals surface area (Å²) < 4.78 is 80.4. The van der Waals surface area contributed by atoms with Crippen LogP contribution in [0, 0.1) is 0 Å². The topological polar surface area (TPSA) is 42.1 Å². The summed E-state index contributed by atoms with van der Waals surface area (Å²) in [7, 11) is 0. The smallest absolute Gasteiger partial charge is 0.419 e. The highest BCUT2D eigenvalue weighted by Gasteiger charge is 2.48. The average Bonchev–Trinajstić information content (AvgIpc) is 2.56. The summed E-state index contributed by atoms with van der Waals surface area (Å²) >= 11 is 0. The molecule has 9 heteroatoms. The molecule has 0 fully saturated rings. The molecule has 1 aromatic heterocycles. The molecule has 0 saturated heterocycles. The van der Waals surface area contributed by atoms with Gasteiger partial charge in [0.2, 0.25) is 0 Å². The van der Waals surface area contributed by atoms with Gasteiger partial charge >= 0.3 is 18.3 Å². The molecule has 3 nitrogen and oxygen atoms in total. The summed E-state index contributed by atoms with van der Waals surface area (Å²) in [5.74, 6) is -1.50. The third-order valence-electron chi connectivity index (χ3n) is 2.07. The number of esters is 1. The van der Waals surface area contributed by atoms with E-state index in [2.05, 4.69) is 4.74 Å². The fourth-order valence-electron chi connectivity index (χ4n) is 1.43. The van der Waals surface area contributed by atoms with E-state index in [-0.39, 0.29) is 6.20 Å². The van der Waals surface area contributed by atoms with Crippen molar-refractivity contribution < 1.29 is 35.9 Å².